The molecule has 3 N–H and O–H groups in total. The van der Waals surface area contributed by atoms with Crippen molar-refractivity contribution in [1.82, 2.24) is 4.98 Å². The van der Waals surface area contributed by atoms with Crippen LogP contribution < -0.4 is 10.5 Å². The lowest BCUT2D eigenvalue weighted by atomic mass is 9.67. The second-order valence-corrected chi connectivity index (χ2v) is 7.45. The fourth-order valence-corrected chi connectivity index (χ4v) is 4.64. The van der Waals surface area contributed by atoms with Crippen LogP contribution in [0.15, 0.2) is 41.5 Å². The zero-order valence-corrected chi connectivity index (χ0v) is 14.6. The van der Waals surface area contributed by atoms with Crippen LogP contribution in [0.3, 0.4) is 0 Å². The molecule has 0 bridgehead atoms. The molecular weight excluding hydrogens is 349 g/mol. The number of pyridine rings is 1. The molecule has 0 radical (unpaired) electrons. The van der Waals surface area contributed by atoms with E-state index in [1.807, 2.05) is 18.2 Å². The molecule has 0 amide bonds. The van der Waals surface area contributed by atoms with E-state index in [-0.39, 0.29) is 18.0 Å². The molecule has 4 atom stereocenters. The Morgan fingerprint density at radius 1 is 1.26 bits per heavy atom. The molecule has 3 aliphatic rings. The van der Waals surface area contributed by atoms with E-state index in [9.17, 15) is 9.50 Å². The molecule has 140 valence electrons. The van der Waals surface area contributed by atoms with Gasteiger partial charge in [-0.3, -0.25) is 0 Å². The summed E-state index contributed by atoms with van der Waals surface area (Å²) in [5, 5.41) is 10.2. The Balaban J connectivity index is 1.68. The molecule has 6 nitrogen and oxygen atoms in total. The number of nitrogens with two attached hydrogens (primary N) is 1. The zero-order valence-electron chi connectivity index (χ0n) is 14.6. The van der Waals surface area contributed by atoms with Gasteiger partial charge in [0.05, 0.1) is 6.10 Å². The molecule has 1 aromatic heterocycles. The first-order chi connectivity index (χ1) is 13.1. The van der Waals surface area contributed by atoms with E-state index in [0.29, 0.717) is 36.3 Å². The van der Waals surface area contributed by atoms with E-state index in [0.717, 1.165) is 12.0 Å². The van der Waals surface area contributed by atoms with Crippen LogP contribution in [0, 0.1) is 11.9 Å². The zero-order chi connectivity index (χ0) is 18.6. The first kappa shape index (κ1) is 16.5. The number of halogens is 1. The van der Waals surface area contributed by atoms with Crippen LogP contribution in [0.2, 0.25) is 0 Å². The first-order valence-corrected chi connectivity index (χ1v) is 9.15. The number of fused-ring (bicyclic) bond motifs is 4. The van der Waals surface area contributed by atoms with E-state index in [2.05, 4.69) is 9.98 Å². The van der Waals surface area contributed by atoms with Crippen LogP contribution in [0.5, 0.6) is 5.75 Å². The van der Waals surface area contributed by atoms with Gasteiger partial charge in [-0.1, -0.05) is 6.07 Å². The molecular formula is C20H20FN3O3. The topological polar surface area (TPSA) is 90.0 Å². The fourth-order valence-electron chi connectivity index (χ4n) is 4.64. The molecule has 7 heteroatoms. The maximum absolute atomic E-state index is 14.2. The van der Waals surface area contributed by atoms with Gasteiger partial charge < -0.3 is 20.3 Å². The molecule has 1 aliphatic carbocycles. The largest absolute Gasteiger partial charge is 0.490 e. The highest BCUT2D eigenvalue weighted by molar-refractivity contribution is 5.75. The number of nitrogens with zero attached hydrogens (tertiary/aromatic N) is 2. The summed E-state index contributed by atoms with van der Waals surface area (Å²) in [6.07, 6.45) is 2.98. The summed E-state index contributed by atoms with van der Waals surface area (Å²) < 4.78 is 26.0. The Labute approximate surface area is 155 Å². The van der Waals surface area contributed by atoms with Crippen molar-refractivity contribution < 1.29 is 19.0 Å². The molecule has 0 saturated heterocycles. The van der Waals surface area contributed by atoms with Crippen LogP contribution in [-0.4, -0.2) is 34.9 Å². The predicted octanol–water partition coefficient (Wildman–Crippen LogP) is 2.35. The molecule has 3 unspecified atom stereocenters. The normalized spacial score (nSPS) is 31.5. The van der Waals surface area contributed by atoms with Crippen LogP contribution in [0.25, 0.3) is 11.1 Å². The van der Waals surface area contributed by atoms with Crippen LogP contribution in [0.1, 0.15) is 24.8 Å². The van der Waals surface area contributed by atoms with E-state index in [1.54, 1.807) is 12.1 Å². The Morgan fingerprint density at radius 3 is 2.93 bits per heavy atom. The summed E-state index contributed by atoms with van der Waals surface area (Å²) in [6.45, 7) is 0.294. The van der Waals surface area contributed by atoms with Crippen molar-refractivity contribution in [3.05, 3.63) is 48.0 Å². The molecule has 1 spiro atoms. The third-order valence-corrected chi connectivity index (χ3v) is 5.92. The summed E-state index contributed by atoms with van der Waals surface area (Å²) in [5.74, 6) is 0.131. The monoisotopic (exact) mass is 369 g/mol. The lowest BCUT2D eigenvalue weighted by Crippen LogP contribution is -2.51. The van der Waals surface area contributed by atoms with Crippen molar-refractivity contribution in [3.8, 4) is 16.9 Å². The number of amidine groups is 1. The van der Waals surface area contributed by atoms with E-state index >= 15 is 0 Å². The number of aliphatic hydroxyl groups is 1. The summed E-state index contributed by atoms with van der Waals surface area (Å²) in [6, 6.07) is 9.10. The maximum atomic E-state index is 14.2. The van der Waals surface area contributed by atoms with Crippen molar-refractivity contribution in [3.63, 3.8) is 0 Å². The van der Waals surface area contributed by atoms with Crippen LogP contribution in [-0.2, 0) is 10.3 Å². The van der Waals surface area contributed by atoms with Gasteiger partial charge >= 0.3 is 0 Å². The number of rotatable bonds is 1. The van der Waals surface area contributed by atoms with E-state index in [4.69, 9.17) is 15.2 Å². The number of benzene rings is 1. The molecule has 2 aromatic rings. The minimum absolute atomic E-state index is 0.0520. The Bertz CT molecular complexity index is 934. The molecule has 27 heavy (non-hydrogen) atoms. The van der Waals surface area contributed by atoms with Gasteiger partial charge in [-0.05, 0) is 49.1 Å². The Hall–Kier alpha value is -2.67. The molecule has 5 rings (SSSR count). The van der Waals surface area contributed by atoms with Crippen molar-refractivity contribution in [2.24, 2.45) is 16.6 Å². The number of aliphatic imine (C=N–C) groups is 1. The minimum atomic E-state index is -0.724. The van der Waals surface area contributed by atoms with Gasteiger partial charge in [-0.15, -0.1) is 0 Å². The van der Waals surface area contributed by atoms with Gasteiger partial charge in [0.15, 0.2) is 0 Å². The van der Waals surface area contributed by atoms with Crippen molar-refractivity contribution in [2.75, 3.05) is 6.61 Å². The molecule has 3 heterocycles. The molecule has 2 aliphatic heterocycles. The van der Waals surface area contributed by atoms with E-state index in [1.165, 1.54) is 6.20 Å². The van der Waals surface area contributed by atoms with Crippen LogP contribution in [0.4, 0.5) is 4.39 Å². The number of aliphatic hydroxyl groups excluding tert-OH is 1. The Morgan fingerprint density at radius 2 is 2.15 bits per heavy atom. The fraction of sp³-hybridized carbons (Fsp3) is 0.400. The highest BCUT2D eigenvalue weighted by atomic mass is 19.1. The highest BCUT2D eigenvalue weighted by Crippen LogP contribution is 2.53. The van der Waals surface area contributed by atoms with Gasteiger partial charge in [0.2, 0.25) is 5.95 Å². The summed E-state index contributed by atoms with van der Waals surface area (Å²) in [4.78, 5) is 8.41. The predicted molar refractivity (Wildman–Crippen MR) is 96.6 cm³/mol. The number of hydrogen-bond acceptors (Lipinski definition) is 6. The van der Waals surface area contributed by atoms with Gasteiger partial charge in [0.1, 0.15) is 24.0 Å². The lowest BCUT2D eigenvalue weighted by Gasteiger charge is -2.47. The average Bonchev–Trinajstić information content (AvgIpc) is 3.06. The Kier molecular flexibility index (Phi) is 3.62. The van der Waals surface area contributed by atoms with Crippen molar-refractivity contribution >= 4 is 6.02 Å². The minimum Gasteiger partial charge on any atom is -0.490 e. The second kappa shape index (κ2) is 5.92. The summed E-state index contributed by atoms with van der Waals surface area (Å²) >= 11 is 0. The van der Waals surface area contributed by atoms with Gasteiger partial charge in [-0.25, -0.2) is 9.98 Å². The van der Waals surface area contributed by atoms with E-state index < -0.39 is 17.6 Å². The van der Waals surface area contributed by atoms with Crippen LogP contribution >= 0.6 is 0 Å². The highest BCUT2D eigenvalue weighted by Gasteiger charge is 2.55. The SMILES string of the molecule is NC1=NC2(CO1)c1cc(-c3cccnc3F)ccc1OC1CCC(O)C[C@@H]12. The van der Waals surface area contributed by atoms with Crippen molar-refractivity contribution in [2.45, 2.75) is 37.0 Å². The standard InChI is InChI=1S/C20H20FN3O3/c21-18-13(2-1-7-23-18)11-3-5-16-14(8-11)20(10-26-19(22)24-20)15-9-12(25)4-6-17(15)27-16/h1-3,5,7-8,12,15,17,25H,4,6,9-10H2,(H2,22,24)/t12?,15-,17?,20?/m0/s1. The summed E-state index contributed by atoms with van der Waals surface area (Å²) in [7, 11) is 0. The molecule has 1 saturated carbocycles. The van der Waals surface area contributed by atoms with Crippen molar-refractivity contribution in [1.29, 1.82) is 0 Å². The third-order valence-electron chi connectivity index (χ3n) is 5.92. The maximum Gasteiger partial charge on any atom is 0.283 e. The molecule has 1 aromatic carbocycles. The number of ether oxygens (including phenoxy) is 2. The van der Waals surface area contributed by atoms with Gasteiger partial charge in [0, 0.05) is 23.2 Å². The van der Waals surface area contributed by atoms with Gasteiger partial charge in [0.25, 0.3) is 6.02 Å². The lowest BCUT2D eigenvalue weighted by molar-refractivity contribution is -0.0359. The quantitative estimate of drug-likeness (QED) is 0.753. The number of aromatic nitrogens is 1. The second-order valence-electron chi connectivity index (χ2n) is 7.45. The summed E-state index contributed by atoms with van der Waals surface area (Å²) in [5.41, 5.74) is 7.08. The smallest absolute Gasteiger partial charge is 0.283 e. The molecule has 1 fully saturated rings. The average molecular weight is 369 g/mol. The first-order valence-electron chi connectivity index (χ1n) is 9.15. The third kappa shape index (κ3) is 2.49. The van der Waals surface area contributed by atoms with Gasteiger partial charge in [-0.2, -0.15) is 4.39 Å². The number of hydrogen-bond donors (Lipinski definition) is 2.